The quantitative estimate of drug-likeness (QED) is 0.531. The van der Waals surface area contributed by atoms with Gasteiger partial charge in [-0.05, 0) is 18.2 Å². The standard InChI is InChI=1S/C18H13ClN2/c19-14-6-7-17-16(10-14)15-8-9-21(12-18(15)20-17)11-13-4-2-1-3-5-13/h1-10,12H,11H2/p+1. The van der Waals surface area contributed by atoms with Crippen LogP contribution in [0.15, 0.2) is 67.0 Å². The molecule has 21 heavy (non-hydrogen) atoms. The lowest BCUT2D eigenvalue weighted by atomic mass is 10.2. The highest BCUT2D eigenvalue weighted by atomic mass is 35.5. The summed E-state index contributed by atoms with van der Waals surface area (Å²) in [5, 5.41) is 3.14. The molecule has 0 radical (unpaired) electrons. The third-order valence-electron chi connectivity index (χ3n) is 3.77. The first-order valence-electron chi connectivity index (χ1n) is 6.93. The number of fused-ring (bicyclic) bond motifs is 3. The molecular weight excluding hydrogens is 280 g/mol. The second-order valence-corrected chi connectivity index (χ2v) is 5.68. The molecule has 0 bridgehead atoms. The maximum Gasteiger partial charge on any atom is 0.193 e. The van der Waals surface area contributed by atoms with Crippen molar-refractivity contribution in [1.29, 1.82) is 0 Å². The number of hydrogen-bond acceptors (Lipinski definition) is 0. The number of benzene rings is 2. The molecular formula is C18H14ClN2+. The van der Waals surface area contributed by atoms with E-state index in [-0.39, 0.29) is 0 Å². The summed E-state index contributed by atoms with van der Waals surface area (Å²) in [4.78, 5) is 3.45. The Hall–Kier alpha value is -2.32. The fourth-order valence-corrected chi connectivity index (χ4v) is 2.93. The van der Waals surface area contributed by atoms with Gasteiger partial charge in [-0.2, -0.15) is 4.57 Å². The molecule has 0 amide bonds. The van der Waals surface area contributed by atoms with E-state index >= 15 is 0 Å². The van der Waals surface area contributed by atoms with Crippen molar-refractivity contribution in [3.8, 4) is 0 Å². The predicted molar refractivity (Wildman–Crippen MR) is 86.6 cm³/mol. The van der Waals surface area contributed by atoms with Crippen LogP contribution in [0.5, 0.6) is 0 Å². The first-order valence-corrected chi connectivity index (χ1v) is 7.31. The van der Waals surface area contributed by atoms with Crippen LogP contribution in [0, 0.1) is 0 Å². The number of aromatic amines is 1. The molecule has 4 aromatic rings. The highest BCUT2D eigenvalue weighted by Gasteiger charge is 2.09. The van der Waals surface area contributed by atoms with Crippen molar-refractivity contribution in [2.75, 3.05) is 0 Å². The summed E-state index contributed by atoms with van der Waals surface area (Å²) < 4.78 is 2.19. The van der Waals surface area contributed by atoms with Crippen LogP contribution in [0.1, 0.15) is 5.56 Å². The molecule has 2 aromatic carbocycles. The summed E-state index contributed by atoms with van der Waals surface area (Å²) in [5.41, 5.74) is 3.54. The van der Waals surface area contributed by atoms with E-state index in [0.29, 0.717) is 0 Å². The Kier molecular flexibility index (Phi) is 2.90. The van der Waals surface area contributed by atoms with Crippen LogP contribution in [-0.4, -0.2) is 4.98 Å². The van der Waals surface area contributed by atoms with Gasteiger partial charge in [0.1, 0.15) is 5.52 Å². The van der Waals surface area contributed by atoms with Crippen molar-refractivity contribution < 1.29 is 4.57 Å². The zero-order valence-corrected chi connectivity index (χ0v) is 12.1. The van der Waals surface area contributed by atoms with E-state index in [9.17, 15) is 0 Å². The summed E-state index contributed by atoms with van der Waals surface area (Å²) in [6.07, 6.45) is 4.26. The Morgan fingerprint density at radius 2 is 1.76 bits per heavy atom. The SMILES string of the molecule is Clc1ccc2[nH]c3c[n+](Cc4ccccc4)ccc3c2c1. The van der Waals surface area contributed by atoms with Gasteiger partial charge < -0.3 is 4.98 Å². The second kappa shape index (κ2) is 4.90. The molecule has 0 saturated carbocycles. The van der Waals surface area contributed by atoms with E-state index < -0.39 is 0 Å². The van der Waals surface area contributed by atoms with E-state index in [2.05, 4.69) is 52.3 Å². The Labute approximate surface area is 127 Å². The monoisotopic (exact) mass is 293 g/mol. The van der Waals surface area contributed by atoms with Crippen molar-refractivity contribution in [2.24, 2.45) is 0 Å². The summed E-state index contributed by atoms with van der Waals surface area (Å²) in [7, 11) is 0. The van der Waals surface area contributed by atoms with Crippen LogP contribution in [0.2, 0.25) is 5.02 Å². The Bertz CT molecular complexity index is 926. The zero-order valence-electron chi connectivity index (χ0n) is 11.4. The molecule has 2 nitrogen and oxygen atoms in total. The van der Waals surface area contributed by atoms with Crippen molar-refractivity contribution in [1.82, 2.24) is 4.98 Å². The molecule has 0 aliphatic rings. The Morgan fingerprint density at radius 1 is 0.905 bits per heavy atom. The molecule has 2 heterocycles. The molecule has 0 aliphatic carbocycles. The maximum atomic E-state index is 6.10. The van der Waals surface area contributed by atoms with E-state index in [4.69, 9.17) is 11.6 Å². The first-order chi connectivity index (χ1) is 10.3. The molecule has 0 spiro atoms. The van der Waals surface area contributed by atoms with Crippen molar-refractivity contribution in [3.63, 3.8) is 0 Å². The van der Waals surface area contributed by atoms with Gasteiger partial charge in [0.05, 0.1) is 0 Å². The summed E-state index contributed by atoms with van der Waals surface area (Å²) in [6, 6.07) is 18.6. The predicted octanol–water partition coefficient (Wildman–Crippen LogP) is 4.31. The fourth-order valence-electron chi connectivity index (χ4n) is 2.76. The summed E-state index contributed by atoms with van der Waals surface area (Å²) >= 11 is 6.10. The van der Waals surface area contributed by atoms with Gasteiger partial charge in [-0.15, -0.1) is 0 Å². The van der Waals surface area contributed by atoms with Crippen molar-refractivity contribution in [3.05, 3.63) is 77.6 Å². The molecule has 0 unspecified atom stereocenters. The van der Waals surface area contributed by atoms with Gasteiger partial charge in [0, 0.05) is 32.9 Å². The number of halogens is 1. The van der Waals surface area contributed by atoms with E-state index in [0.717, 1.165) is 22.6 Å². The molecule has 1 N–H and O–H groups in total. The molecule has 0 atom stereocenters. The molecule has 2 aromatic heterocycles. The van der Waals surface area contributed by atoms with Crippen LogP contribution < -0.4 is 4.57 Å². The molecule has 0 aliphatic heterocycles. The van der Waals surface area contributed by atoms with E-state index in [1.807, 2.05) is 24.3 Å². The molecule has 3 heteroatoms. The Morgan fingerprint density at radius 3 is 2.62 bits per heavy atom. The number of nitrogens with one attached hydrogen (secondary N) is 1. The topological polar surface area (TPSA) is 19.7 Å². The van der Waals surface area contributed by atoms with Crippen LogP contribution in [0.25, 0.3) is 21.8 Å². The molecule has 0 fully saturated rings. The zero-order chi connectivity index (χ0) is 14.2. The normalized spacial score (nSPS) is 11.3. The van der Waals surface area contributed by atoms with Gasteiger partial charge in [0.2, 0.25) is 0 Å². The minimum absolute atomic E-state index is 0.768. The van der Waals surface area contributed by atoms with E-state index in [1.165, 1.54) is 16.3 Å². The highest BCUT2D eigenvalue weighted by molar-refractivity contribution is 6.31. The molecule has 102 valence electrons. The average Bonchev–Trinajstić information content (AvgIpc) is 2.85. The Balaban J connectivity index is 1.81. The number of aromatic nitrogens is 2. The van der Waals surface area contributed by atoms with Gasteiger partial charge in [0.15, 0.2) is 18.9 Å². The van der Waals surface area contributed by atoms with Crippen LogP contribution in [-0.2, 0) is 6.54 Å². The van der Waals surface area contributed by atoms with Crippen molar-refractivity contribution >= 4 is 33.4 Å². The fraction of sp³-hybridized carbons (Fsp3) is 0.0556. The van der Waals surface area contributed by atoms with Gasteiger partial charge in [-0.1, -0.05) is 41.9 Å². The number of pyridine rings is 1. The minimum Gasteiger partial charge on any atom is -0.350 e. The van der Waals surface area contributed by atoms with Crippen molar-refractivity contribution in [2.45, 2.75) is 6.54 Å². The summed E-state index contributed by atoms with van der Waals surface area (Å²) in [6.45, 7) is 0.868. The first kappa shape index (κ1) is 12.4. The largest absolute Gasteiger partial charge is 0.350 e. The highest BCUT2D eigenvalue weighted by Crippen LogP contribution is 2.26. The minimum atomic E-state index is 0.768. The van der Waals surface area contributed by atoms with Gasteiger partial charge >= 0.3 is 0 Å². The molecule has 0 saturated heterocycles. The number of rotatable bonds is 2. The van der Waals surface area contributed by atoms with Crippen LogP contribution >= 0.6 is 11.6 Å². The maximum absolute atomic E-state index is 6.10. The van der Waals surface area contributed by atoms with Crippen LogP contribution in [0.4, 0.5) is 0 Å². The lowest BCUT2D eigenvalue weighted by Crippen LogP contribution is -2.33. The second-order valence-electron chi connectivity index (χ2n) is 5.25. The molecule has 4 rings (SSSR count). The third kappa shape index (κ3) is 2.28. The third-order valence-corrected chi connectivity index (χ3v) is 4.00. The van der Waals surface area contributed by atoms with Gasteiger partial charge in [-0.25, -0.2) is 0 Å². The lowest BCUT2D eigenvalue weighted by Gasteiger charge is -1.97. The van der Waals surface area contributed by atoms with Gasteiger partial charge in [-0.3, -0.25) is 0 Å². The number of nitrogens with zero attached hydrogens (tertiary/aromatic N) is 1. The number of hydrogen-bond donors (Lipinski definition) is 1. The average molecular weight is 294 g/mol. The van der Waals surface area contributed by atoms with E-state index in [1.54, 1.807) is 0 Å². The summed E-state index contributed by atoms with van der Waals surface area (Å²) in [5.74, 6) is 0. The van der Waals surface area contributed by atoms with Gasteiger partial charge in [0.25, 0.3) is 0 Å². The smallest absolute Gasteiger partial charge is 0.193 e. The van der Waals surface area contributed by atoms with Crippen LogP contribution in [0.3, 0.4) is 0 Å². The lowest BCUT2D eigenvalue weighted by molar-refractivity contribution is -0.687. The number of H-pyrrole nitrogens is 1.